The molecule has 7 heteroatoms. The maximum atomic E-state index is 12.6. The van der Waals surface area contributed by atoms with Crippen molar-refractivity contribution in [2.45, 2.75) is 55.9 Å². The Labute approximate surface area is 154 Å². The molecular formula is C19H24N2O4S. The third-order valence-electron chi connectivity index (χ3n) is 5.50. The molecule has 3 aliphatic rings. The molecule has 6 nitrogen and oxygen atoms in total. The van der Waals surface area contributed by atoms with E-state index in [1.807, 2.05) is 11.0 Å². The van der Waals surface area contributed by atoms with Gasteiger partial charge in [0.2, 0.25) is 0 Å². The number of rotatable bonds is 2. The van der Waals surface area contributed by atoms with Gasteiger partial charge in [0.1, 0.15) is 11.0 Å². The van der Waals surface area contributed by atoms with Crippen molar-refractivity contribution in [2.24, 2.45) is 10.3 Å². The summed E-state index contributed by atoms with van der Waals surface area (Å²) in [5, 5.41) is 0. The molecule has 1 saturated carbocycles. The van der Waals surface area contributed by atoms with Crippen LogP contribution in [0.4, 0.5) is 0 Å². The molecule has 4 rings (SSSR count). The summed E-state index contributed by atoms with van der Waals surface area (Å²) in [6.45, 7) is 1.17. The van der Waals surface area contributed by atoms with E-state index in [9.17, 15) is 13.2 Å². The number of carbonyl (C=O) groups is 1. The number of sulfonamides is 1. The van der Waals surface area contributed by atoms with Crippen molar-refractivity contribution in [2.75, 3.05) is 13.1 Å². The van der Waals surface area contributed by atoms with Gasteiger partial charge in [-0.15, -0.1) is 4.40 Å². The first-order valence-corrected chi connectivity index (χ1v) is 10.9. The minimum Gasteiger partial charge on any atom is -0.462 e. The molecule has 140 valence electrons. The molecule has 0 amide bonds. The summed E-state index contributed by atoms with van der Waals surface area (Å²) in [6.07, 6.45) is 7.05. The number of amidine groups is 1. The number of likely N-dealkylation sites (tertiary alicyclic amines) is 1. The Bertz CT molecular complexity index is 828. The van der Waals surface area contributed by atoms with Crippen LogP contribution < -0.4 is 0 Å². The summed E-state index contributed by atoms with van der Waals surface area (Å²) in [6, 6.07) is 6.88. The number of piperidine rings is 1. The van der Waals surface area contributed by atoms with Gasteiger partial charge < -0.3 is 9.64 Å². The van der Waals surface area contributed by atoms with Crippen LogP contribution in [0.2, 0.25) is 0 Å². The molecule has 1 saturated heterocycles. The largest absolute Gasteiger partial charge is 0.462 e. The molecule has 0 aromatic heterocycles. The predicted molar refractivity (Wildman–Crippen MR) is 97.4 cm³/mol. The van der Waals surface area contributed by atoms with Crippen LogP contribution in [0.3, 0.4) is 0 Å². The first-order valence-electron chi connectivity index (χ1n) is 9.44. The molecule has 1 aliphatic carbocycles. The van der Waals surface area contributed by atoms with E-state index in [-0.39, 0.29) is 22.9 Å². The molecule has 1 atom stereocenters. The third kappa shape index (κ3) is 3.37. The van der Waals surface area contributed by atoms with Gasteiger partial charge in [-0.3, -0.25) is 4.79 Å². The lowest BCUT2D eigenvalue weighted by Gasteiger charge is -2.34. The van der Waals surface area contributed by atoms with E-state index in [0.717, 1.165) is 38.5 Å². The van der Waals surface area contributed by atoms with Crippen LogP contribution in [0.5, 0.6) is 0 Å². The van der Waals surface area contributed by atoms with Gasteiger partial charge in [-0.05, 0) is 50.7 Å². The lowest BCUT2D eigenvalue weighted by molar-refractivity contribution is -0.156. The van der Waals surface area contributed by atoms with Gasteiger partial charge in [0.15, 0.2) is 5.84 Å². The Balaban J connectivity index is 1.48. The van der Waals surface area contributed by atoms with Gasteiger partial charge in [0.05, 0.1) is 5.92 Å². The summed E-state index contributed by atoms with van der Waals surface area (Å²) >= 11 is 0. The minimum absolute atomic E-state index is 0.0524. The average molecular weight is 376 g/mol. The van der Waals surface area contributed by atoms with Crippen LogP contribution in [0, 0.1) is 5.92 Å². The van der Waals surface area contributed by atoms with Crippen molar-refractivity contribution in [3.63, 3.8) is 0 Å². The third-order valence-corrected chi connectivity index (χ3v) is 6.83. The molecule has 1 aromatic carbocycles. The lowest BCUT2D eigenvalue weighted by Crippen LogP contribution is -2.43. The number of carbonyl (C=O) groups excluding carboxylic acids is 1. The highest BCUT2D eigenvalue weighted by Gasteiger charge is 2.36. The van der Waals surface area contributed by atoms with Gasteiger partial charge in [0, 0.05) is 18.7 Å². The molecule has 0 unspecified atom stereocenters. The zero-order valence-corrected chi connectivity index (χ0v) is 15.6. The zero-order valence-electron chi connectivity index (χ0n) is 14.8. The molecule has 1 aromatic rings. The summed E-state index contributed by atoms with van der Waals surface area (Å²) in [4.78, 5) is 14.8. The number of fused-ring (bicyclic) bond motifs is 1. The average Bonchev–Trinajstić information content (AvgIpc) is 2.94. The first-order chi connectivity index (χ1) is 12.5. The first kappa shape index (κ1) is 17.5. The monoisotopic (exact) mass is 376 g/mol. The van der Waals surface area contributed by atoms with Crippen molar-refractivity contribution in [1.29, 1.82) is 0 Å². The van der Waals surface area contributed by atoms with Gasteiger partial charge in [-0.1, -0.05) is 18.6 Å². The number of benzene rings is 1. The second-order valence-corrected chi connectivity index (χ2v) is 8.94. The maximum absolute atomic E-state index is 12.6. The van der Waals surface area contributed by atoms with Gasteiger partial charge in [-0.2, -0.15) is 8.42 Å². The molecule has 2 fully saturated rings. The Morgan fingerprint density at radius 1 is 1.08 bits per heavy atom. The number of esters is 1. The van der Waals surface area contributed by atoms with E-state index in [4.69, 9.17) is 4.74 Å². The second kappa shape index (κ2) is 7.02. The van der Waals surface area contributed by atoms with E-state index < -0.39 is 10.0 Å². The maximum Gasteiger partial charge on any atom is 0.311 e. The SMILES string of the molecule is O=C(OC1CCCCC1)[C@@H]1CCCN(C2=NS(=O)(=O)c3ccccc32)C1. The standard InChI is InChI=1S/C19H24N2O4S/c22-19(25-15-8-2-1-3-9-15)14-7-6-12-21(13-14)18-16-10-4-5-11-17(16)26(23,24)20-18/h4-5,10-11,14-15H,1-3,6-9,12-13H2/t14-/m1/s1. The lowest BCUT2D eigenvalue weighted by atomic mass is 9.95. The summed E-state index contributed by atoms with van der Waals surface area (Å²) in [7, 11) is -3.63. The molecule has 0 radical (unpaired) electrons. The Hall–Kier alpha value is -1.89. The zero-order chi connectivity index (χ0) is 18.1. The quantitative estimate of drug-likeness (QED) is 0.742. The summed E-state index contributed by atoms with van der Waals surface area (Å²) < 4.78 is 34.3. The number of hydrogen-bond acceptors (Lipinski definition) is 5. The van der Waals surface area contributed by atoms with Crippen LogP contribution in [0.15, 0.2) is 33.6 Å². The minimum atomic E-state index is -3.63. The smallest absolute Gasteiger partial charge is 0.311 e. The summed E-state index contributed by atoms with van der Waals surface area (Å²) in [5.41, 5.74) is 0.633. The van der Waals surface area contributed by atoms with Crippen molar-refractivity contribution >= 4 is 21.8 Å². The van der Waals surface area contributed by atoms with E-state index in [1.165, 1.54) is 6.42 Å². The van der Waals surface area contributed by atoms with E-state index in [0.29, 0.717) is 24.5 Å². The number of nitrogens with zero attached hydrogens (tertiary/aromatic N) is 2. The van der Waals surface area contributed by atoms with Crippen molar-refractivity contribution in [3.05, 3.63) is 29.8 Å². The molecule has 0 bridgehead atoms. The van der Waals surface area contributed by atoms with Crippen LogP contribution in [-0.4, -0.2) is 44.3 Å². The Morgan fingerprint density at radius 2 is 1.85 bits per heavy atom. The van der Waals surface area contributed by atoms with E-state index >= 15 is 0 Å². The molecule has 2 aliphatic heterocycles. The van der Waals surface area contributed by atoms with Crippen LogP contribution in [0.25, 0.3) is 0 Å². The molecule has 0 spiro atoms. The van der Waals surface area contributed by atoms with Crippen molar-refractivity contribution in [1.82, 2.24) is 4.90 Å². The van der Waals surface area contributed by atoms with E-state index in [1.54, 1.807) is 18.2 Å². The fourth-order valence-corrected chi connectivity index (χ4v) is 5.35. The fraction of sp³-hybridized carbons (Fsp3) is 0.579. The molecule has 2 heterocycles. The summed E-state index contributed by atoms with van der Waals surface area (Å²) in [5.74, 6) is 0.107. The Kier molecular flexibility index (Phi) is 4.73. The Morgan fingerprint density at radius 3 is 2.65 bits per heavy atom. The number of ether oxygens (including phenoxy) is 1. The second-order valence-electron chi connectivity index (χ2n) is 7.37. The molecule has 26 heavy (non-hydrogen) atoms. The van der Waals surface area contributed by atoms with Crippen LogP contribution in [-0.2, 0) is 19.6 Å². The topological polar surface area (TPSA) is 76.0 Å². The van der Waals surface area contributed by atoms with Gasteiger partial charge >= 0.3 is 5.97 Å². The van der Waals surface area contributed by atoms with Gasteiger partial charge in [-0.25, -0.2) is 0 Å². The highest BCUT2D eigenvalue weighted by atomic mass is 32.2. The number of hydrogen-bond donors (Lipinski definition) is 0. The van der Waals surface area contributed by atoms with Crippen LogP contribution >= 0.6 is 0 Å². The van der Waals surface area contributed by atoms with Crippen LogP contribution in [0.1, 0.15) is 50.5 Å². The fourth-order valence-electron chi connectivity index (χ4n) is 4.12. The normalized spacial score (nSPS) is 25.5. The highest BCUT2D eigenvalue weighted by Crippen LogP contribution is 2.30. The molecular weight excluding hydrogens is 352 g/mol. The van der Waals surface area contributed by atoms with E-state index in [2.05, 4.69) is 4.40 Å². The molecule has 0 N–H and O–H groups in total. The van der Waals surface area contributed by atoms with Crippen molar-refractivity contribution < 1.29 is 17.9 Å². The van der Waals surface area contributed by atoms with Gasteiger partial charge in [0.25, 0.3) is 10.0 Å². The van der Waals surface area contributed by atoms with Crippen molar-refractivity contribution in [3.8, 4) is 0 Å². The predicted octanol–water partition coefficient (Wildman–Crippen LogP) is 2.72. The highest BCUT2D eigenvalue weighted by molar-refractivity contribution is 7.90.